The first-order valence-electron chi connectivity index (χ1n) is 6.86. The molecule has 0 bridgehead atoms. The first-order valence-corrected chi connectivity index (χ1v) is 8.47. The van der Waals surface area contributed by atoms with Crippen LogP contribution in [-0.2, 0) is 4.57 Å². The van der Waals surface area contributed by atoms with Gasteiger partial charge in [0.2, 0.25) is 0 Å². The lowest BCUT2D eigenvalue weighted by Gasteiger charge is -2.17. The number of hydrogen-bond acceptors (Lipinski definition) is 3. The molecule has 0 amide bonds. The minimum Gasteiger partial charge on any atom is -0.413 e. The summed E-state index contributed by atoms with van der Waals surface area (Å²) in [5.74, 6) is 2.82. The summed E-state index contributed by atoms with van der Waals surface area (Å²) in [5.41, 5.74) is 0. The minimum atomic E-state index is -3.40. The van der Waals surface area contributed by atoms with E-state index in [1.165, 1.54) is 5.82 Å². The fourth-order valence-electron chi connectivity index (χ4n) is 1.61. The molecule has 3 nitrogen and oxygen atoms in total. The average molecular weight is 302 g/mol. The molecule has 0 heterocycles. The zero-order valence-electron chi connectivity index (χ0n) is 12.2. The molecule has 0 aromatic heterocycles. The van der Waals surface area contributed by atoms with Crippen LogP contribution in [0.4, 0.5) is 0 Å². The van der Waals surface area contributed by atoms with E-state index in [4.69, 9.17) is 9.05 Å². The highest BCUT2D eigenvalue weighted by atomic mass is 31.2. The van der Waals surface area contributed by atoms with Gasteiger partial charge in [-0.15, -0.1) is 0 Å². The Hall–Kier alpha value is -1.99. The molecular weight excluding hydrogens is 283 g/mol. The van der Waals surface area contributed by atoms with Gasteiger partial charge < -0.3 is 9.05 Å². The van der Waals surface area contributed by atoms with Crippen molar-refractivity contribution < 1.29 is 13.6 Å². The smallest absolute Gasteiger partial charge is 0.413 e. The van der Waals surface area contributed by atoms with Gasteiger partial charge in [-0.1, -0.05) is 56.3 Å². The largest absolute Gasteiger partial charge is 0.455 e. The second kappa shape index (κ2) is 7.14. The summed E-state index contributed by atoms with van der Waals surface area (Å²) in [4.78, 5) is 0. The van der Waals surface area contributed by atoms with Gasteiger partial charge in [0.05, 0.1) is 0 Å². The highest BCUT2D eigenvalue weighted by Gasteiger charge is 2.24. The Kier molecular flexibility index (Phi) is 5.24. The molecule has 110 valence electrons. The van der Waals surface area contributed by atoms with Crippen molar-refractivity contribution in [2.45, 2.75) is 13.8 Å². The highest BCUT2D eigenvalue weighted by molar-refractivity contribution is 7.58. The summed E-state index contributed by atoms with van der Waals surface area (Å²) in [6.45, 7) is 4.01. The van der Waals surface area contributed by atoms with Gasteiger partial charge in [0, 0.05) is 5.82 Å². The van der Waals surface area contributed by atoms with Crippen molar-refractivity contribution in [1.29, 1.82) is 0 Å². The minimum absolute atomic E-state index is 0.261. The monoisotopic (exact) mass is 302 g/mol. The molecule has 0 fully saturated rings. The van der Waals surface area contributed by atoms with Crippen LogP contribution in [0.25, 0.3) is 0 Å². The van der Waals surface area contributed by atoms with Crippen LogP contribution in [0.5, 0.6) is 11.5 Å². The fraction of sp³-hybridized carbons (Fsp3) is 0.176. The van der Waals surface area contributed by atoms with E-state index in [0.717, 1.165) is 0 Å². The Bertz CT molecular complexity index is 575. The standard InChI is InChI=1S/C17H19O3P/c1-15(2)13-14-21(18,19-16-9-5-3-6-10-16)20-17-11-7-4-8-12-17/h3-15H,1-2H3. The lowest BCUT2D eigenvalue weighted by atomic mass is 10.2. The lowest BCUT2D eigenvalue weighted by Crippen LogP contribution is -1.99. The molecule has 0 radical (unpaired) electrons. The molecule has 0 aliphatic carbocycles. The van der Waals surface area contributed by atoms with Crippen molar-refractivity contribution in [3.8, 4) is 11.5 Å². The Balaban J connectivity index is 2.24. The molecule has 0 spiro atoms. The van der Waals surface area contributed by atoms with Gasteiger partial charge in [-0.3, -0.25) is 0 Å². The molecule has 2 rings (SSSR count). The van der Waals surface area contributed by atoms with Crippen LogP contribution < -0.4 is 9.05 Å². The summed E-state index contributed by atoms with van der Waals surface area (Å²) in [6.07, 6.45) is 1.83. The van der Waals surface area contributed by atoms with E-state index in [9.17, 15) is 4.57 Å². The molecule has 0 aliphatic heterocycles. The van der Waals surface area contributed by atoms with Crippen molar-refractivity contribution >= 4 is 7.60 Å². The highest BCUT2D eigenvalue weighted by Crippen LogP contribution is 2.50. The predicted octanol–water partition coefficient (Wildman–Crippen LogP) is 5.51. The maximum Gasteiger partial charge on any atom is 0.455 e. The first kappa shape index (κ1) is 15.4. The van der Waals surface area contributed by atoms with E-state index in [1.807, 2.05) is 56.3 Å². The third kappa shape index (κ3) is 5.13. The van der Waals surface area contributed by atoms with Gasteiger partial charge >= 0.3 is 7.60 Å². The van der Waals surface area contributed by atoms with Gasteiger partial charge in [-0.25, -0.2) is 4.57 Å². The van der Waals surface area contributed by atoms with Crippen LogP contribution >= 0.6 is 7.60 Å². The Morgan fingerprint density at radius 1 is 0.857 bits per heavy atom. The lowest BCUT2D eigenvalue weighted by molar-refractivity contribution is 0.398. The second-order valence-corrected chi connectivity index (χ2v) is 6.68. The number of hydrogen-bond donors (Lipinski definition) is 0. The Morgan fingerprint density at radius 2 is 1.29 bits per heavy atom. The number of rotatable bonds is 6. The number of benzene rings is 2. The molecule has 2 aromatic carbocycles. The van der Waals surface area contributed by atoms with Crippen molar-refractivity contribution in [3.63, 3.8) is 0 Å². The van der Waals surface area contributed by atoms with Crippen molar-refractivity contribution in [3.05, 3.63) is 72.6 Å². The van der Waals surface area contributed by atoms with E-state index in [-0.39, 0.29) is 5.92 Å². The van der Waals surface area contributed by atoms with E-state index < -0.39 is 7.60 Å². The van der Waals surface area contributed by atoms with E-state index in [1.54, 1.807) is 24.3 Å². The molecule has 2 aromatic rings. The number of para-hydroxylation sites is 2. The summed E-state index contributed by atoms with van der Waals surface area (Å²) in [7, 11) is -3.40. The molecule has 0 saturated heterocycles. The van der Waals surface area contributed by atoms with Crippen LogP contribution in [0.2, 0.25) is 0 Å². The van der Waals surface area contributed by atoms with Gasteiger partial charge in [0.15, 0.2) is 0 Å². The fourth-order valence-corrected chi connectivity index (χ4v) is 3.16. The zero-order chi connectivity index (χ0) is 15.1. The summed E-state index contributed by atoms with van der Waals surface area (Å²) in [6, 6.07) is 18.1. The molecule has 4 heteroatoms. The first-order chi connectivity index (χ1) is 10.1. The third-order valence-corrected chi connectivity index (χ3v) is 4.07. The van der Waals surface area contributed by atoms with Gasteiger partial charge in [0.1, 0.15) is 11.5 Å². The molecule has 0 N–H and O–H groups in total. The molecule has 21 heavy (non-hydrogen) atoms. The zero-order valence-corrected chi connectivity index (χ0v) is 13.1. The quantitative estimate of drug-likeness (QED) is 0.660. The van der Waals surface area contributed by atoms with Crippen molar-refractivity contribution in [2.75, 3.05) is 0 Å². The summed E-state index contributed by atoms with van der Waals surface area (Å²) < 4.78 is 24.1. The second-order valence-electron chi connectivity index (χ2n) is 4.93. The van der Waals surface area contributed by atoms with Crippen LogP contribution in [-0.4, -0.2) is 0 Å². The van der Waals surface area contributed by atoms with Crippen LogP contribution in [0, 0.1) is 5.92 Å². The van der Waals surface area contributed by atoms with Gasteiger partial charge in [-0.05, 0) is 30.2 Å². The van der Waals surface area contributed by atoms with Crippen molar-refractivity contribution in [1.82, 2.24) is 0 Å². The van der Waals surface area contributed by atoms with Crippen LogP contribution in [0.1, 0.15) is 13.8 Å². The summed E-state index contributed by atoms with van der Waals surface area (Å²) in [5, 5.41) is 0. The Morgan fingerprint density at radius 3 is 1.67 bits per heavy atom. The third-order valence-electron chi connectivity index (χ3n) is 2.61. The van der Waals surface area contributed by atoms with E-state index in [2.05, 4.69) is 0 Å². The normalized spacial score (nSPS) is 11.8. The van der Waals surface area contributed by atoms with Crippen LogP contribution in [0.3, 0.4) is 0 Å². The molecule has 0 unspecified atom stereocenters. The maximum atomic E-state index is 12.9. The molecular formula is C17H19O3P. The SMILES string of the molecule is CC(C)C=CP(=O)(Oc1ccccc1)Oc1ccccc1. The molecule has 0 atom stereocenters. The summed E-state index contributed by atoms with van der Waals surface area (Å²) >= 11 is 0. The van der Waals surface area contributed by atoms with E-state index >= 15 is 0 Å². The topological polar surface area (TPSA) is 35.5 Å². The molecule has 0 aliphatic rings. The number of allylic oxidation sites excluding steroid dienone is 1. The van der Waals surface area contributed by atoms with E-state index in [0.29, 0.717) is 11.5 Å². The van der Waals surface area contributed by atoms with Crippen LogP contribution in [0.15, 0.2) is 72.6 Å². The molecule has 0 saturated carbocycles. The average Bonchev–Trinajstić information content (AvgIpc) is 2.47. The maximum absolute atomic E-state index is 12.9. The Labute approximate surface area is 125 Å². The van der Waals surface area contributed by atoms with Gasteiger partial charge in [-0.2, -0.15) is 0 Å². The van der Waals surface area contributed by atoms with Crippen molar-refractivity contribution in [2.24, 2.45) is 5.92 Å². The van der Waals surface area contributed by atoms with Gasteiger partial charge in [0.25, 0.3) is 0 Å². The predicted molar refractivity (Wildman–Crippen MR) is 85.7 cm³/mol.